The lowest BCUT2D eigenvalue weighted by Gasteiger charge is -2.25. The maximum Gasteiger partial charge on any atom is 0.161 e. The first-order valence-electron chi connectivity index (χ1n) is 16.3. The number of ether oxygens (including phenoxy) is 4. The molecular formula is C39H40N3O6+. The molecule has 0 aliphatic rings. The average molecular weight is 647 g/mol. The standard InChI is InChI=1S/C39H39N3O6/c1-45-34-16-6-7-17-35(34)46-21-20-42(22-26(43)24-47-36-18-8-14-32-38(36)28-10-2-4-12-30(28)40-32)23-27(44)25-48-37-19-9-15-33-39(37)29-11-3-5-13-31(29)41-33/h2-19,26-27,40-41,43-44H,20-25H2,1H3/p+1. The van der Waals surface area contributed by atoms with Crippen molar-refractivity contribution in [3.63, 3.8) is 0 Å². The van der Waals surface area contributed by atoms with Crippen LogP contribution in [0.4, 0.5) is 0 Å². The van der Waals surface area contributed by atoms with Crippen LogP contribution in [-0.2, 0) is 0 Å². The van der Waals surface area contributed by atoms with Crippen molar-refractivity contribution in [3.8, 4) is 23.0 Å². The van der Waals surface area contributed by atoms with Crippen molar-refractivity contribution in [1.82, 2.24) is 9.97 Å². The van der Waals surface area contributed by atoms with Crippen LogP contribution in [0.5, 0.6) is 23.0 Å². The minimum atomic E-state index is -0.792. The van der Waals surface area contributed by atoms with Gasteiger partial charge >= 0.3 is 0 Å². The second-order valence-corrected chi connectivity index (χ2v) is 12.0. The normalized spacial score (nSPS) is 13.6. The topological polar surface area (TPSA) is 113 Å². The van der Waals surface area contributed by atoms with Crippen molar-refractivity contribution < 1.29 is 34.1 Å². The highest BCUT2D eigenvalue weighted by atomic mass is 16.5. The van der Waals surface area contributed by atoms with Gasteiger partial charge in [-0.05, 0) is 48.5 Å². The molecule has 0 radical (unpaired) electrons. The van der Waals surface area contributed by atoms with E-state index in [1.165, 1.54) is 0 Å². The van der Waals surface area contributed by atoms with Gasteiger partial charge in [0.15, 0.2) is 11.5 Å². The number of quaternary nitrogens is 1. The first kappa shape index (κ1) is 31.4. The molecular weight excluding hydrogens is 606 g/mol. The fourth-order valence-corrected chi connectivity index (χ4v) is 6.46. The third-order valence-corrected chi connectivity index (χ3v) is 8.68. The maximum atomic E-state index is 11.2. The molecule has 0 bridgehead atoms. The Hall–Kier alpha value is -5.22. The molecule has 9 heteroatoms. The number of benzene rings is 5. The van der Waals surface area contributed by atoms with E-state index in [-0.39, 0.29) is 13.2 Å². The van der Waals surface area contributed by atoms with E-state index in [2.05, 4.69) is 22.1 Å². The van der Waals surface area contributed by atoms with E-state index in [4.69, 9.17) is 18.9 Å². The van der Waals surface area contributed by atoms with Gasteiger partial charge in [0.05, 0.1) is 18.1 Å². The van der Waals surface area contributed by atoms with Crippen molar-refractivity contribution >= 4 is 43.6 Å². The van der Waals surface area contributed by atoms with Gasteiger partial charge in [0.25, 0.3) is 0 Å². The van der Waals surface area contributed by atoms with Gasteiger partial charge in [-0.1, -0.05) is 60.7 Å². The number of aromatic amines is 2. The Kier molecular flexibility index (Phi) is 9.33. The van der Waals surface area contributed by atoms with E-state index in [9.17, 15) is 10.2 Å². The van der Waals surface area contributed by atoms with E-state index < -0.39 is 12.2 Å². The Morgan fingerprint density at radius 1 is 0.542 bits per heavy atom. The molecule has 2 unspecified atom stereocenters. The number of rotatable bonds is 15. The third kappa shape index (κ3) is 6.75. The summed E-state index contributed by atoms with van der Waals surface area (Å²) in [6.45, 7) is 1.78. The number of aliphatic hydroxyl groups is 2. The van der Waals surface area contributed by atoms with Crippen molar-refractivity contribution in [2.45, 2.75) is 12.2 Å². The molecule has 9 nitrogen and oxygen atoms in total. The molecule has 0 saturated carbocycles. The molecule has 0 spiro atoms. The SMILES string of the molecule is COc1ccccc1OCC[NH+](CC(O)COc1cccc2[nH]c3ccccc3c12)CC(O)COc1cccc2[nH]c3ccccc3c12. The summed E-state index contributed by atoms with van der Waals surface area (Å²) >= 11 is 0. The zero-order valence-corrected chi connectivity index (χ0v) is 26.8. The fraction of sp³-hybridized carbons (Fsp3) is 0.231. The Morgan fingerprint density at radius 3 is 1.54 bits per heavy atom. The zero-order chi connectivity index (χ0) is 32.9. The molecule has 0 aliphatic heterocycles. The minimum absolute atomic E-state index is 0.102. The number of para-hydroxylation sites is 4. The summed E-state index contributed by atoms with van der Waals surface area (Å²) in [7, 11) is 1.61. The molecule has 7 rings (SSSR count). The van der Waals surface area contributed by atoms with E-state index in [0.717, 1.165) is 48.5 Å². The van der Waals surface area contributed by atoms with Crippen molar-refractivity contribution in [3.05, 3.63) is 109 Å². The summed E-state index contributed by atoms with van der Waals surface area (Å²) in [4.78, 5) is 7.82. The monoisotopic (exact) mass is 646 g/mol. The van der Waals surface area contributed by atoms with E-state index in [1.807, 2.05) is 97.1 Å². The highest BCUT2D eigenvalue weighted by Crippen LogP contribution is 2.34. The van der Waals surface area contributed by atoms with Gasteiger partial charge < -0.3 is 44.0 Å². The van der Waals surface area contributed by atoms with Gasteiger partial charge in [-0.2, -0.15) is 0 Å². The number of H-pyrrole nitrogens is 2. The van der Waals surface area contributed by atoms with Crippen LogP contribution in [-0.4, -0.2) is 79.0 Å². The molecule has 0 amide bonds. The maximum absolute atomic E-state index is 11.2. The summed E-state index contributed by atoms with van der Waals surface area (Å²) in [5.74, 6) is 2.72. The van der Waals surface area contributed by atoms with Crippen molar-refractivity contribution in [1.29, 1.82) is 0 Å². The van der Waals surface area contributed by atoms with Gasteiger partial charge in [-0.25, -0.2) is 0 Å². The molecule has 5 N–H and O–H groups in total. The van der Waals surface area contributed by atoms with Crippen LogP contribution < -0.4 is 23.8 Å². The lowest BCUT2D eigenvalue weighted by atomic mass is 10.1. The van der Waals surface area contributed by atoms with E-state index >= 15 is 0 Å². The van der Waals surface area contributed by atoms with Crippen LogP contribution in [0.3, 0.4) is 0 Å². The molecule has 48 heavy (non-hydrogen) atoms. The number of hydrogen-bond acceptors (Lipinski definition) is 6. The largest absolute Gasteiger partial charge is 0.493 e. The summed E-state index contributed by atoms with van der Waals surface area (Å²) in [6, 6.07) is 35.5. The third-order valence-electron chi connectivity index (χ3n) is 8.68. The van der Waals surface area contributed by atoms with Gasteiger partial charge in [-0.15, -0.1) is 0 Å². The summed E-state index contributed by atoms with van der Waals surface area (Å²) in [5.41, 5.74) is 4.03. The number of aromatic nitrogens is 2. The molecule has 0 fully saturated rings. The Morgan fingerprint density at radius 2 is 1.00 bits per heavy atom. The van der Waals surface area contributed by atoms with E-state index in [0.29, 0.717) is 49.2 Å². The van der Waals surface area contributed by atoms with Crippen LogP contribution in [0.25, 0.3) is 43.6 Å². The molecule has 2 atom stereocenters. The highest BCUT2D eigenvalue weighted by Gasteiger charge is 2.22. The number of hydrogen-bond donors (Lipinski definition) is 5. The molecule has 2 heterocycles. The Labute approximate surface area is 278 Å². The second kappa shape index (κ2) is 14.3. The second-order valence-electron chi connectivity index (χ2n) is 12.0. The fourth-order valence-electron chi connectivity index (χ4n) is 6.46. The van der Waals surface area contributed by atoms with Crippen LogP contribution in [0, 0.1) is 0 Å². The first-order chi connectivity index (χ1) is 23.6. The number of fused-ring (bicyclic) bond motifs is 6. The molecule has 0 saturated heterocycles. The molecule has 2 aromatic heterocycles. The quantitative estimate of drug-likeness (QED) is 0.106. The van der Waals surface area contributed by atoms with Crippen LogP contribution >= 0.6 is 0 Å². The highest BCUT2D eigenvalue weighted by molar-refractivity contribution is 6.11. The minimum Gasteiger partial charge on any atom is -0.493 e. The molecule has 7 aromatic rings. The smallest absolute Gasteiger partial charge is 0.161 e. The van der Waals surface area contributed by atoms with Crippen LogP contribution in [0.2, 0.25) is 0 Å². The molecule has 5 aromatic carbocycles. The Bertz CT molecular complexity index is 2010. The van der Waals surface area contributed by atoms with Gasteiger partial charge in [0, 0.05) is 32.6 Å². The molecule has 246 valence electrons. The average Bonchev–Trinajstić information content (AvgIpc) is 3.69. The number of methoxy groups -OCH3 is 1. The van der Waals surface area contributed by atoms with Gasteiger partial charge in [-0.3, -0.25) is 0 Å². The first-order valence-corrected chi connectivity index (χ1v) is 16.3. The predicted octanol–water partition coefficient (Wildman–Crippen LogP) is 5.11. The lowest BCUT2D eigenvalue weighted by molar-refractivity contribution is -0.906. The van der Waals surface area contributed by atoms with Gasteiger partial charge in [0.2, 0.25) is 0 Å². The number of nitrogens with one attached hydrogen (secondary N) is 3. The number of aliphatic hydroxyl groups excluding tert-OH is 2. The summed E-state index contributed by atoms with van der Waals surface area (Å²) < 4.78 is 23.9. The van der Waals surface area contributed by atoms with Crippen molar-refractivity contribution in [2.75, 3.05) is 46.6 Å². The summed E-state index contributed by atoms with van der Waals surface area (Å²) in [6.07, 6.45) is -1.58. The van der Waals surface area contributed by atoms with Gasteiger partial charge in [0.1, 0.15) is 63.2 Å². The van der Waals surface area contributed by atoms with E-state index in [1.54, 1.807) is 7.11 Å². The Balaban J connectivity index is 1.02. The van der Waals surface area contributed by atoms with Crippen molar-refractivity contribution in [2.24, 2.45) is 0 Å². The molecule has 0 aliphatic carbocycles. The van der Waals surface area contributed by atoms with Crippen LogP contribution in [0.1, 0.15) is 0 Å². The van der Waals surface area contributed by atoms with Crippen LogP contribution in [0.15, 0.2) is 109 Å². The predicted molar refractivity (Wildman–Crippen MR) is 189 cm³/mol. The zero-order valence-electron chi connectivity index (χ0n) is 26.8. The lowest BCUT2D eigenvalue weighted by Crippen LogP contribution is -3.15. The summed E-state index contributed by atoms with van der Waals surface area (Å²) in [5, 5.41) is 26.5.